The molecule has 31 heavy (non-hydrogen) atoms. The molecule has 1 aromatic carbocycles. The van der Waals surface area contributed by atoms with E-state index in [0.29, 0.717) is 0 Å². The van der Waals surface area contributed by atoms with Gasteiger partial charge in [-0.15, -0.1) is 0 Å². The maximum atomic E-state index is 14.4. The second kappa shape index (κ2) is 10.9. The van der Waals surface area contributed by atoms with Crippen LogP contribution >= 0.6 is 0 Å². The van der Waals surface area contributed by atoms with Crippen LogP contribution in [0.5, 0.6) is 5.75 Å². The van der Waals surface area contributed by atoms with Crippen molar-refractivity contribution in [2.24, 2.45) is 23.7 Å². The summed E-state index contributed by atoms with van der Waals surface area (Å²) in [6.45, 7) is 4.00. The van der Waals surface area contributed by atoms with Crippen LogP contribution in [0.25, 0.3) is 6.08 Å². The zero-order valence-corrected chi connectivity index (χ0v) is 18.8. The minimum absolute atomic E-state index is 0.118. The van der Waals surface area contributed by atoms with Crippen molar-refractivity contribution in [2.45, 2.75) is 84.2 Å². The fraction of sp³-hybridized carbons (Fsp3) is 0.692. The molecule has 0 aromatic heterocycles. The van der Waals surface area contributed by atoms with Crippen molar-refractivity contribution in [3.63, 3.8) is 0 Å². The molecule has 2 saturated carbocycles. The van der Waals surface area contributed by atoms with Crippen molar-refractivity contribution in [3.8, 4) is 5.75 Å². The van der Waals surface area contributed by atoms with Gasteiger partial charge in [-0.3, -0.25) is 0 Å². The average Bonchev–Trinajstić information content (AvgIpc) is 2.74. The number of benzene rings is 1. The Morgan fingerprint density at radius 2 is 1.55 bits per heavy atom. The highest BCUT2D eigenvalue weighted by Gasteiger charge is 2.38. The van der Waals surface area contributed by atoms with Crippen LogP contribution in [-0.2, 0) is 6.18 Å². The van der Waals surface area contributed by atoms with Gasteiger partial charge in [0.1, 0.15) is 5.56 Å². The molecule has 0 unspecified atom stereocenters. The lowest BCUT2D eigenvalue weighted by molar-refractivity contribution is -0.140. The van der Waals surface area contributed by atoms with E-state index >= 15 is 0 Å². The Bertz CT molecular complexity index is 724. The van der Waals surface area contributed by atoms with Crippen LogP contribution in [0.3, 0.4) is 0 Å². The van der Waals surface area contributed by atoms with Gasteiger partial charge in [-0.25, -0.2) is 4.39 Å². The molecule has 5 heteroatoms. The zero-order valence-electron chi connectivity index (χ0n) is 18.8. The van der Waals surface area contributed by atoms with Crippen LogP contribution in [0, 0.1) is 29.5 Å². The Morgan fingerprint density at radius 3 is 2.10 bits per heavy atom. The Hall–Kier alpha value is -1.52. The molecule has 2 fully saturated rings. The van der Waals surface area contributed by atoms with Crippen molar-refractivity contribution >= 4 is 6.08 Å². The number of ether oxygens (including phenoxy) is 1. The molecule has 2 aliphatic rings. The molecule has 0 amide bonds. The van der Waals surface area contributed by atoms with E-state index in [1.807, 2.05) is 6.08 Å². The predicted molar refractivity (Wildman–Crippen MR) is 117 cm³/mol. The lowest BCUT2D eigenvalue weighted by Gasteiger charge is -2.37. The first-order chi connectivity index (χ1) is 14.8. The van der Waals surface area contributed by atoms with Crippen molar-refractivity contribution in [1.29, 1.82) is 0 Å². The van der Waals surface area contributed by atoms with Crippen molar-refractivity contribution in [2.75, 3.05) is 6.61 Å². The molecule has 0 heterocycles. The first-order valence-corrected chi connectivity index (χ1v) is 12.0. The quantitative estimate of drug-likeness (QED) is 0.385. The van der Waals surface area contributed by atoms with Crippen molar-refractivity contribution < 1.29 is 22.3 Å². The van der Waals surface area contributed by atoms with E-state index in [4.69, 9.17) is 4.74 Å². The van der Waals surface area contributed by atoms with Crippen LogP contribution in [0.4, 0.5) is 17.6 Å². The summed E-state index contributed by atoms with van der Waals surface area (Å²) in [5.41, 5.74) is -1.35. The lowest BCUT2D eigenvalue weighted by Crippen LogP contribution is -2.25. The zero-order chi connectivity index (χ0) is 22.4. The standard InChI is InChI=1S/C26H36F4O/c1-3-5-18-6-11-20(12-7-18)21-13-8-19(9-14-21)10-15-22-16-17-23(31-4-2)25(27)24(22)26(28,29)30/h10,15-21H,3-9,11-14H2,1-2H3. The summed E-state index contributed by atoms with van der Waals surface area (Å²) in [7, 11) is 0. The first kappa shape index (κ1) is 24.1. The van der Waals surface area contributed by atoms with E-state index in [9.17, 15) is 17.6 Å². The van der Waals surface area contributed by atoms with Crippen LogP contribution in [0.2, 0.25) is 0 Å². The van der Waals surface area contributed by atoms with Gasteiger partial charge in [0.2, 0.25) is 0 Å². The maximum Gasteiger partial charge on any atom is 0.419 e. The number of rotatable bonds is 7. The van der Waals surface area contributed by atoms with Gasteiger partial charge in [-0.05, 0) is 80.8 Å². The van der Waals surface area contributed by atoms with E-state index in [1.54, 1.807) is 6.92 Å². The van der Waals surface area contributed by atoms with Crippen molar-refractivity contribution in [1.82, 2.24) is 0 Å². The molecule has 174 valence electrons. The summed E-state index contributed by atoms with van der Waals surface area (Å²) in [4.78, 5) is 0. The summed E-state index contributed by atoms with van der Waals surface area (Å²) < 4.78 is 59.9. The van der Waals surface area contributed by atoms with Crippen molar-refractivity contribution in [3.05, 3.63) is 35.2 Å². The Balaban J connectivity index is 1.59. The topological polar surface area (TPSA) is 9.23 Å². The van der Waals surface area contributed by atoms with Gasteiger partial charge in [0, 0.05) is 0 Å². The monoisotopic (exact) mass is 440 g/mol. The van der Waals surface area contributed by atoms with Crippen LogP contribution in [-0.4, -0.2) is 6.61 Å². The molecular weight excluding hydrogens is 404 g/mol. The van der Waals surface area contributed by atoms with Gasteiger partial charge < -0.3 is 4.74 Å². The van der Waals surface area contributed by atoms with E-state index in [0.717, 1.165) is 43.4 Å². The van der Waals surface area contributed by atoms with Gasteiger partial charge in [-0.1, -0.05) is 50.8 Å². The third-order valence-corrected chi connectivity index (χ3v) is 7.34. The number of hydrogen-bond acceptors (Lipinski definition) is 1. The highest BCUT2D eigenvalue weighted by atomic mass is 19.4. The third kappa shape index (κ3) is 6.26. The molecule has 1 nitrogen and oxygen atoms in total. The highest BCUT2D eigenvalue weighted by molar-refractivity contribution is 5.57. The van der Waals surface area contributed by atoms with E-state index in [2.05, 4.69) is 6.92 Å². The molecule has 0 saturated heterocycles. The minimum atomic E-state index is -4.76. The Kier molecular flexibility index (Phi) is 8.46. The minimum Gasteiger partial charge on any atom is -0.491 e. The second-order valence-corrected chi connectivity index (χ2v) is 9.38. The molecule has 0 N–H and O–H groups in total. The number of alkyl halides is 3. The van der Waals surface area contributed by atoms with Crippen LogP contribution < -0.4 is 4.74 Å². The van der Waals surface area contributed by atoms with Gasteiger partial charge in [0.25, 0.3) is 0 Å². The molecular formula is C26H36F4O. The molecule has 0 bridgehead atoms. The average molecular weight is 441 g/mol. The van der Waals surface area contributed by atoms with Gasteiger partial charge in [0.05, 0.1) is 6.61 Å². The van der Waals surface area contributed by atoms with Gasteiger partial charge >= 0.3 is 6.18 Å². The summed E-state index contributed by atoms with van der Waals surface area (Å²) in [6.07, 6.45) is 10.9. The molecule has 2 aliphatic carbocycles. The summed E-state index contributed by atoms with van der Waals surface area (Å²) in [6, 6.07) is 2.60. The largest absolute Gasteiger partial charge is 0.491 e. The van der Waals surface area contributed by atoms with E-state index in [-0.39, 0.29) is 23.8 Å². The Morgan fingerprint density at radius 1 is 0.935 bits per heavy atom. The highest BCUT2D eigenvalue weighted by Crippen LogP contribution is 2.43. The second-order valence-electron chi connectivity index (χ2n) is 9.38. The SMILES string of the molecule is CCCC1CCC(C2CCC(C=Cc3ccc(OCC)c(F)c3C(F)(F)F)CC2)CC1. The van der Waals surface area contributed by atoms with E-state index < -0.39 is 17.6 Å². The van der Waals surface area contributed by atoms with Gasteiger partial charge in [-0.2, -0.15) is 13.2 Å². The predicted octanol–water partition coefficient (Wildman–Crippen LogP) is 8.67. The van der Waals surface area contributed by atoms with Crippen LogP contribution in [0.1, 0.15) is 89.2 Å². The lowest BCUT2D eigenvalue weighted by atomic mass is 9.68. The normalized spacial score (nSPS) is 27.5. The molecule has 3 rings (SSSR count). The summed E-state index contributed by atoms with van der Waals surface area (Å²) >= 11 is 0. The van der Waals surface area contributed by atoms with E-state index in [1.165, 1.54) is 56.7 Å². The smallest absolute Gasteiger partial charge is 0.419 e. The maximum absolute atomic E-state index is 14.4. The Labute approximate surface area is 184 Å². The van der Waals surface area contributed by atoms with Crippen LogP contribution in [0.15, 0.2) is 18.2 Å². The number of halogens is 4. The molecule has 0 atom stereocenters. The summed E-state index contributed by atoms with van der Waals surface area (Å²) in [5.74, 6) is 1.11. The fourth-order valence-corrected chi connectivity index (χ4v) is 5.67. The molecule has 0 radical (unpaired) electrons. The number of allylic oxidation sites excluding steroid dienone is 1. The molecule has 1 aromatic rings. The first-order valence-electron chi connectivity index (χ1n) is 12.0. The third-order valence-electron chi connectivity index (χ3n) is 7.34. The molecule has 0 spiro atoms. The van der Waals surface area contributed by atoms with Gasteiger partial charge in [0.15, 0.2) is 11.6 Å². The number of hydrogen-bond donors (Lipinski definition) is 0. The summed E-state index contributed by atoms with van der Waals surface area (Å²) in [5, 5.41) is 0. The fourth-order valence-electron chi connectivity index (χ4n) is 5.67. The molecule has 0 aliphatic heterocycles.